The van der Waals surface area contributed by atoms with Gasteiger partial charge in [0, 0.05) is 6.04 Å². The van der Waals surface area contributed by atoms with E-state index < -0.39 is 0 Å². The van der Waals surface area contributed by atoms with Crippen LogP contribution in [0.3, 0.4) is 0 Å². The van der Waals surface area contributed by atoms with Crippen LogP contribution in [0.1, 0.15) is 46.5 Å². The Morgan fingerprint density at radius 1 is 1.40 bits per heavy atom. The molecule has 0 aromatic carbocycles. The Hall–Kier alpha value is -0.0800. The lowest BCUT2D eigenvalue weighted by Gasteiger charge is -2.38. The van der Waals surface area contributed by atoms with Crippen molar-refractivity contribution in [3.05, 3.63) is 0 Å². The Labute approximate surface area is 95.2 Å². The summed E-state index contributed by atoms with van der Waals surface area (Å²) in [5.74, 6) is 1.60. The summed E-state index contributed by atoms with van der Waals surface area (Å²) in [6.07, 6.45) is 5.30. The number of piperidine rings is 1. The lowest BCUT2D eigenvalue weighted by atomic mass is 9.91. The van der Waals surface area contributed by atoms with E-state index in [2.05, 4.69) is 25.7 Å². The van der Waals surface area contributed by atoms with Crippen LogP contribution in [-0.4, -0.2) is 30.6 Å². The molecule has 1 saturated heterocycles. The molecule has 0 aromatic heterocycles. The van der Waals surface area contributed by atoms with Crippen LogP contribution in [0.4, 0.5) is 0 Å². The second-order valence-corrected chi connectivity index (χ2v) is 5.19. The van der Waals surface area contributed by atoms with Crippen molar-refractivity contribution in [3.8, 4) is 0 Å². The van der Waals surface area contributed by atoms with Crippen molar-refractivity contribution in [1.82, 2.24) is 4.90 Å². The van der Waals surface area contributed by atoms with E-state index in [1.165, 1.54) is 38.8 Å². The molecule has 15 heavy (non-hydrogen) atoms. The third-order valence-electron chi connectivity index (χ3n) is 4.24. The first-order valence-corrected chi connectivity index (χ1v) is 6.63. The number of hydrogen-bond donors (Lipinski definition) is 1. The summed E-state index contributed by atoms with van der Waals surface area (Å²) in [5, 5.41) is 0. The third-order valence-corrected chi connectivity index (χ3v) is 4.24. The van der Waals surface area contributed by atoms with Crippen molar-refractivity contribution in [2.24, 2.45) is 17.6 Å². The van der Waals surface area contributed by atoms with Crippen LogP contribution in [0.5, 0.6) is 0 Å². The molecule has 2 heteroatoms. The van der Waals surface area contributed by atoms with Crippen LogP contribution in [-0.2, 0) is 0 Å². The summed E-state index contributed by atoms with van der Waals surface area (Å²) in [6.45, 7) is 10.4. The Morgan fingerprint density at radius 2 is 2.13 bits per heavy atom. The number of hydrogen-bond acceptors (Lipinski definition) is 2. The summed E-state index contributed by atoms with van der Waals surface area (Å²) in [4.78, 5) is 2.66. The molecule has 0 amide bonds. The summed E-state index contributed by atoms with van der Waals surface area (Å²) in [7, 11) is 0. The molecule has 1 rings (SSSR count). The summed E-state index contributed by atoms with van der Waals surface area (Å²) < 4.78 is 0. The van der Waals surface area contributed by atoms with Crippen molar-refractivity contribution in [1.29, 1.82) is 0 Å². The van der Waals surface area contributed by atoms with Gasteiger partial charge in [0.1, 0.15) is 0 Å². The first kappa shape index (κ1) is 13.0. The van der Waals surface area contributed by atoms with Gasteiger partial charge < -0.3 is 10.6 Å². The predicted octanol–water partition coefficient (Wildman–Crippen LogP) is 2.48. The van der Waals surface area contributed by atoms with Gasteiger partial charge in [0.05, 0.1) is 0 Å². The largest absolute Gasteiger partial charge is 0.330 e. The molecule has 0 radical (unpaired) electrons. The highest BCUT2D eigenvalue weighted by Crippen LogP contribution is 2.23. The Balaban J connectivity index is 2.30. The predicted molar refractivity (Wildman–Crippen MR) is 66.9 cm³/mol. The van der Waals surface area contributed by atoms with Crippen molar-refractivity contribution < 1.29 is 0 Å². The summed E-state index contributed by atoms with van der Waals surface area (Å²) >= 11 is 0. The molecule has 1 heterocycles. The van der Waals surface area contributed by atoms with Gasteiger partial charge in [-0.15, -0.1) is 0 Å². The fourth-order valence-corrected chi connectivity index (χ4v) is 2.57. The molecule has 0 bridgehead atoms. The molecule has 1 aliphatic rings. The van der Waals surface area contributed by atoms with Gasteiger partial charge in [-0.3, -0.25) is 0 Å². The van der Waals surface area contributed by atoms with Gasteiger partial charge in [0.15, 0.2) is 0 Å². The van der Waals surface area contributed by atoms with Gasteiger partial charge in [-0.25, -0.2) is 0 Å². The van der Waals surface area contributed by atoms with E-state index >= 15 is 0 Å². The van der Waals surface area contributed by atoms with E-state index in [4.69, 9.17) is 5.73 Å². The Morgan fingerprint density at radius 3 is 2.73 bits per heavy atom. The van der Waals surface area contributed by atoms with Gasteiger partial charge in [-0.05, 0) is 57.7 Å². The Kier molecular flexibility index (Phi) is 5.62. The average molecular weight is 212 g/mol. The van der Waals surface area contributed by atoms with Crippen LogP contribution < -0.4 is 5.73 Å². The molecule has 0 aromatic rings. The molecular weight excluding hydrogens is 184 g/mol. The topological polar surface area (TPSA) is 29.3 Å². The maximum Gasteiger partial charge on any atom is 0.00925 e. The van der Waals surface area contributed by atoms with Crippen LogP contribution >= 0.6 is 0 Å². The van der Waals surface area contributed by atoms with Gasteiger partial charge >= 0.3 is 0 Å². The van der Waals surface area contributed by atoms with E-state index in [-0.39, 0.29) is 0 Å². The zero-order chi connectivity index (χ0) is 11.3. The molecule has 0 spiro atoms. The lowest BCUT2D eigenvalue weighted by Crippen LogP contribution is -2.43. The van der Waals surface area contributed by atoms with Gasteiger partial charge in [-0.2, -0.15) is 0 Å². The van der Waals surface area contributed by atoms with Gasteiger partial charge in [0.25, 0.3) is 0 Å². The van der Waals surface area contributed by atoms with E-state index in [0.29, 0.717) is 0 Å². The van der Waals surface area contributed by atoms with E-state index in [0.717, 1.165) is 24.4 Å². The van der Waals surface area contributed by atoms with Crippen LogP contribution in [0.25, 0.3) is 0 Å². The quantitative estimate of drug-likeness (QED) is 0.758. The van der Waals surface area contributed by atoms with Gasteiger partial charge in [0.2, 0.25) is 0 Å². The van der Waals surface area contributed by atoms with Crippen molar-refractivity contribution >= 4 is 0 Å². The van der Waals surface area contributed by atoms with E-state index in [9.17, 15) is 0 Å². The molecule has 3 atom stereocenters. The standard InChI is InChI=1S/C13H28N2/c1-4-13(10-14)7-9-15-8-5-6-11(2)12(15)3/h11-13H,4-10,14H2,1-3H3. The zero-order valence-electron chi connectivity index (χ0n) is 10.7. The number of likely N-dealkylation sites (tertiary alicyclic amines) is 1. The lowest BCUT2D eigenvalue weighted by molar-refractivity contribution is 0.107. The van der Waals surface area contributed by atoms with E-state index in [1.807, 2.05) is 0 Å². The molecule has 0 aliphatic carbocycles. The number of nitrogens with zero attached hydrogens (tertiary/aromatic N) is 1. The summed E-state index contributed by atoms with van der Waals surface area (Å²) in [6, 6.07) is 0.772. The molecule has 1 fully saturated rings. The Bertz CT molecular complexity index is 166. The highest BCUT2D eigenvalue weighted by Gasteiger charge is 2.24. The first-order valence-electron chi connectivity index (χ1n) is 6.63. The van der Waals surface area contributed by atoms with Crippen LogP contribution in [0.15, 0.2) is 0 Å². The maximum absolute atomic E-state index is 5.74. The molecule has 90 valence electrons. The third kappa shape index (κ3) is 3.76. The molecule has 2 N–H and O–H groups in total. The smallest absolute Gasteiger partial charge is 0.00925 e. The SMILES string of the molecule is CCC(CN)CCN1CCCC(C)C1C. The minimum absolute atomic E-state index is 0.731. The molecule has 0 saturated carbocycles. The summed E-state index contributed by atoms with van der Waals surface area (Å²) in [5.41, 5.74) is 5.74. The highest BCUT2D eigenvalue weighted by molar-refractivity contribution is 4.79. The normalized spacial score (nSPS) is 30.4. The highest BCUT2D eigenvalue weighted by atomic mass is 15.2. The molecule has 3 unspecified atom stereocenters. The van der Waals surface area contributed by atoms with Crippen molar-refractivity contribution in [2.75, 3.05) is 19.6 Å². The molecule has 1 aliphatic heterocycles. The average Bonchev–Trinajstić information content (AvgIpc) is 2.25. The first-order chi connectivity index (χ1) is 7.19. The number of nitrogens with two attached hydrogens (primary N) is 1. The number of rotatable bonds is 5. The second-order valence-electron chi connectivity index (χ2n) is 5.19. The molecular formula is C13H28N2. The van der Waals surface area contributed by atoms with Crippen LogP contribution in [0, 0.1) is 11.8 Å². The zero-order valence-corrected chi connectivity index (χ0v) is 10.7. The van der Waals surface area contributed by atoms with E-state index in [1.54, 1.807) is 0 Å². The second kappa shape index (κ2) is 6.49. The maximum atomic E-state index is 5.74. The van der Waals surface area contributed by atoms with Gasteiger partial charge in [-0.1, -0.05) is 20.3 Å². The monoisotopic (exact) mass is 212 g/mol. The van der Waals surface area contributed by atoms with Crippen molar-refractivity contribution in [2.45, 2.75) is 52.5 Å². The molecule has 2 nitrogen and oxygen atoms in total. The van der Waals surface area contributed by atoms with Crippen LogP contribution in [0.2, 0.25) is 0 Å². The fraction of sp³-hybridized carbons (Fsp3) is 1.00. The minimum atomic E-state index is 0.731. The minimum Gasteiger partial charge on any atom is -0.330 e. The fourth-order valence-electron chi connectivity index (χ4n) is 2.57. The van der Waals surface area contributed by atoms with Crippen molar-refractivity contribution in [3.63, 3.8) is 0 Å².